The second-order valence-corrected chi connectivity index (χ2v) is 8.78. The van der Waals surface area contributed by atoms with Gasteiger partial charge < -0.3 is 0 Å². The lowest BCUT2D eigenvalue weighted by Crippen LogP contribution is -2.22. The maximum absolute atomic E-state index is 12.1. The third kappa shape index (κ3) is 4.98. The van der Waals surface area contributed by atoms with E-state index in [9.17, 15) is 16.8 Å². The molecule has 0 saturated carbocycles. The Labute approximate surface area is 126 Å². The molecule has 0 aliphatic rings. The standard InChI is InChI=1S/C13H22N2O4S2/c1-5-11-7-12(21(14,18)19)6-10(4)13(11)15-20(16,17)8-9(2)3/h6-7,9,15H,5,8H2,1-4H3,(H2,14,18,19). The van der Waals surface area contributed by atoms with Crippen LogP contribution in [0.25, 0.3) is 0 Å². The molecular weight excluding hydrogens is 312 g/mol. The molecule has 0 bridgehead atoms. The zero-order chi connectivity index (χ0) is 16.4. The van der Waals surface area contributed by atoms with Crippen LogP contribution in [0.2, 0.25) is 0 Å². The van der Waals surface area contributed by atoms with Crippen LogP contribution in [-0.4, -0.2) is 22.6 Å². The summed E-state index contributed by atoms with van der Waals surface area (Å²) in [5, 5.41) is 5.13. The number of anilines is 1. The Morgan fingerprint density at radius 2 is 1.76 bits per heavy atom. The minimum Gasteiger partial charge on any atom is -0.283 e. The fourth-order valence-electron chi connectivity index (χ4n) is 2.05. The molecule has 3 N–H and O–H groups in total. The molecule has 0 unspecified atom stereocenters. The summed E-state index contributed by atoms with van der Waals surface area (Å²) in [6, 6.07) is 2.79. The highest BCUT2D eigenvalue weighted by molar-refractivity contribution is 7.92. The number of rotatable bonds is 6. The SMILES string of the molecule is CCc1cc(S(N)(=O)=O)cc(C)c1NS(=O)(=O)CC(C)C. The Morgan fingerprint density at radius 1 is 1.19 bits per heavy atom. The van der Waals surface area contributed by atoms with E-state index in [4.69, 9.17) is 5.14 Å². The van der Waals surface area contributed by atoms with Crippen LogP contribution in [0.5, 0.6) is 0 Å². The van der Waals surface area contributed by atoms with Crippen molar-refractivity contribution in [1.82, 2.24) is 0 Å². The summed E-state index contributed by atoms with van der Waals surface area (Å²) in [5.74, 6) is 0.00331. The molecule has 0 atom stereocenters. The summed E-state index contributed by atoms with van der Waals surface area (Å²) < 4.78 is 49.5. The lowest BCUT2D eigenvalue weighted by atomic mass is 10.1. The molecule has 0 saturated heterocycles. The number of primary sulfonamides is 1. The van der Waals surface area contributed by atoms with Gasteiger partial charge in [-0.15, -0.1) is 0 Å². The third-order valence-corrected chi connectivity index (χ3v) is 5.42. The van der Waals surface area contributed by atoms with E-state index in [0.29, 0.717) is 23.2 Å². The maximum Gasteiger partial charge on any atom is 0.238 e. The average molecular weight is 334 g/mol. The lowest BCUT2D eigenvalue weighted by Gasteiger charge is -2.16. The maximum atomic E-state index is 12.1. The second kappa shape index (κ2) is 6.33. The highest BCUT2D eigenvalue weighted by Crippen LogP contribution is 2.26. The Balaban J connectivity index is 3.32. The van der Waals surface area contributed by atoms with E-state index < -0.39 is 20.0 Å². The van der Waals surface area contributed by atoms with Crippen molar-refractivity contribution < 1.29 is 16.8 Å². The minimum absolute atomic E-state index is 0.00317. The van der Waals surface area contributed by atoms with Gasteiger partial charge in [-0.25, -0.2) is 22.0 Å². The van der Waals surface area contributed by atoms with E-state index in [0.717, 1.165) is 0 Å². The van der Waals surface area contributed by atoms with Gasteiger partial charge >= 0.3 is 0 Å². The molecule has 6 nitrogen and oxygen atoms in total. The summed E-state index contributed by atoms with van der Waals surface area (Å²) >= 11 is 0. The monoisotopic (exact) mass is 334 g/mol. The first kappa shape index (κ1) is 17.9. The zero-order valence-corrected chi connectivity index (χ0v) is 14.3. The van der Waals surface area contributed by atoms with Crippen molar-refractivity contribution in [3.63, 3.8) is 0 Å². The molecule has 1 rings (SSSR count). The second-order valence-electron chi connectivity index (χ2n) is 5.45. The first-order valence-corrected chi connectivity index (χ1v) is 9.83. The number of hydrogen-bond acceptors (Lipinski definition) is 4. The fraction of sp³-hybridized carbons (Fsp3) is 0.538. The largest absolute Gasteiger partial charge is 0.283 e. The van der Waals surface area contributed by atoms with Crippen LogP contribution >= 0.6 is 0 Å². The van der Waals surface area contributed by atoms with Crippen LogP contribution in [0.15, 0.2) is 17.0 Å². The Kier molecular flexibility index (Phi) is 5.40. The van der Waals surface area contributed by atoms with Crippen LogP contribution in [0.4, 0.5) is 5.69 Å². The van der Waals surface area contributed by atoms with Crippen LogP contribution in [-0.2, 0) is 26.5 Å². The van der Waals surface area contributed by atoms with Gasteiger partial charge in [-0.3, -0.25) is 4.72 Å². The van der Waals surface area contributed by atoms with Gasteiger partial charge in [-0.2, -0.15) is 0 Å². The molecule has 0 spiro atoms. The quantitative estimate of drug-likeness (QED) is 0.824. The Morgan fingerprint density at radius 3 is 2.19 bits per heavy atom. The molecule has 0 aliphatic carbocycles. The Bertz CT molecular complexity index is 723. The molecule has 8 heteroatoms. The molecule has 0 radical (unpaired) electrons. The number of nitrogens with two attached hydrogens (primary N) is 1. The van der Waals surface area contributed by atoms with Crippen molar-refractivity contribution in [1.29, 1.82) is 0 Å². The van der Waals surface area contributed by atoms with Crippen LogP contribution < -0.4 is 9.86 Å². The fourth-order valence-corrected chi connectivity index (χ4v) is 4.26. The molecule has 0 aliphatic heterocycles. The highest BCUT2D eigenvalue weighted by Gasteiger charge is 2.19. The molecule has 21 heavy (non-hydrogen) atoms. The van der Waals surface area contributed by atoms with E-state index in [2.05, 4.69) is 4.72 Å². The molecular formula is C13H22N2O4S2. The van der Waals surface area contributed by atoms with Gasteiger partial charge in [0.05, 0.1) is 16.3 Å². The zero-order valence-electron chi connectivity index (χ0n) is 12.7. The van der Waals surface area contributed by atoms with Crippen molar-refractivity contribution in [3.8, 4) is 0 Å². The summed E-state index contributed by atoms with van der Waals surface area (Å²) in [7, 11) is -7.28. The van der Waals surface area contributed by atoms with Crippen LogP contribution in [0.3, 0.4) is 0 Å². The van der Waals surface area contributed by atoms with Gasteiger partial charge in [0, 0.05) is 0 Å². The molecule has 0 heterocycles. The predicted octanol–water partition coefficient (Wildman–Crippen LogP) is 1.60. The van der Waals surface area contributed by atoms with Crippen molar-refractivity contribution in [3.05, 3.63) is 23.3 Å². The lowest BCUT2D eigenvalue weighted by molar-refractivity contribution is 0.587. The summed E-state index contributed by atoms with van der Waals surface area (Å²) in [5.41, 5.74) is 1.57. The minimum atomic E-state index is -3.81. The molecule has 120 valence electrons. The average Bonchev–Trinajstić information content (AvgIpc) is 2.28. The van der Waals surface area contributed by atoms with Crippen LogP contribution in [0.1, 0.15) is 31.9 Å². The van der Waals surface area contributed by atoms with Gasteiger partial charge in [0.15, 0.2) is 0 Å². The predicted molar refractivity (Wildman–Crippen MR) is 84.2 cm³/mol. The van der Waals surface area contributed by atoms with Crippen molar-refractivity contribution >= 4 is 25.7 Å². The number of aryl methyl sites for hydroxylation is 2. The first-order valence-electron chi connectivity index (χ1n) is 6.63. The van der Waals surface area contributed by atoms with Gasteiger partial charge in [-0.05, 0) is 42.5 Å². The number of sulfonamides is 2. The molecule has 1 aromatic carbocycles. The van der Waals surface area contributed by atoms with E-state index in [1.165, 1.54) is 12.1 Å². The summed E-state index contributed by atoms with van der Waals surface area (Å²) in [4.78, 5) is -0.0105. The topological polar surface area (TPSA) is 106 Å². The van der Waals surface area contributed by atoms with E-state index >= 15 is 0 Å². The van der Waals surface area contributed by atoms with E-state index in [-0.39, 0.29) is 16.6 Å². The molecule has 0 fully saturated rings. The highest BCUT2D eigenvalue weighted by atomic mass is 32.2. The van der Waals surface area contributed by atoms with E-state index in [1.807, 2.05) is 20.8 Å². The summed E-state index contributed by atoms with van der Waals surface area (Å²) in [6.45, 7) is 7.11. The number of hydrogen-bond donors (Lipinski definition) is 2. The first-order chi connectivity index (χ1) is 9.46. The van der Waals surface area contributed by atoms with Gasteiger partial charge in [0.2, 0.25) is 20.0 Å². The number of benzene rings is 1. The molecule has 0 aromatic heterocycles. The normalized spacial score (nSPS) is 12.7. The molecule has 0 amide bonds. The van der Waals surface area contributed by atoms with E-state index in [1.54, 1.807) is 6.92 Å². The van der Waals surface area contributed by atoms with Gasteiger partial charge in [0.1, 0.15) is 0 Å². The van der Waals surface area contributed by atoms with Crippen molar-refractivity contribution in [2.24, 2.45) is 11.1 Å². The summed E-state index contributed by atoms with van der Waals surface area (Å²) in [6.07, 6.45) is 0.490. The van der Waals surface area contributed by atoms with Crippen LogP contribution in [0, 0.1) is 12.8 Å². The van der Waals surface area contributed by atoms with Crippen molar-refractivity contribution in [2.45, 2.75) is 39.0 Å². The number of nitrogens with one attached hydrogen (secondary N) is 1. The molecule has 1 aromatic rings. The Hall–Kier alpha value is -1.12. The smallest absolute Gasteiger partial charge is 0.238 e. The van der Waals surface area contributed by atoms with Gasteiger partial charge in [-0.1, -0.05) is 20.8 Å². The van der Waals surface area contributed by atoms with Crippen molar-refractivity contribution in [2.75, 3.05) is 10.5 Å². The van der Waals surface area contributed by atoms with Gasteiger partial charge in [0.25, 0.3) is 0 Å². The third-order valence-electron chi connectivity index (χ3n) is 2.91.